The van der Waals surface area contributed by atoms with Crippen LogP contribution in [0.3, 0.4) is 0 Å². The van der Waals surface area contributed by atoms with Crippen LogP contribution in [0.15, 0.2) is 28.9 Å². The largest absolute Gasteiger partial charge is 0.328 e. The number of nitrogens with zero attached hydrogens (tertiary/aromatic N) is 5. The number of rotatable bonds is 8. The van der Waals surface area contributed by atoms with Gasteiger partial charge in [0.2, 0.25) is 21.8 Å². The summed E-state index contributed by atoms with van der Waals surface area (Å²) in [6.45, 7) is 2.44. The molecule has 1 atom stereocenters. The number of anilines is 1. The van der Waals surface area contributed by atoms with E-state index in [0.29, 0.717) is 24.0 Å². The van der Waals surface area contributed by atoms with Crippen molar-refractivity contribution < 1.29 is 18.0 Å². The van der Waals surface area contributed by atoms with Gasteiger partial charge in [0.25, 0.3) is 0 Å². The molecule has 10 nitrogen and oxygen atoms in total. The molecule has 1 saturated heterocycles. The van der Waals surface area contributed by atoms with Crippen LogP contribution in [0.1, 0.15) is 45.4 Å². The molecule has 0 aromatic carbocycles. The number of sulfonamides is 1. The number of nitrogens with one attached hydrogen (secondary N) is 1. The fraction of sp³-hybridized carbons (Fsp3) is 0.619. The molecule has 33 heavy (non-hydrogen) atoms. The fourth-order valence-corrected chi connectivity index (χ4v) is 6.46. The van der Waals surface area contributed by atoms with Gasteiger partial charge in [-0.05, 0) is 19.3 Å². The van der Waals surface area contributed by atoms with Crippen LogP contribution in [0.2, 0.25) is 0 Å². The van der Waals surface area contributed by atoms with Crippen molar-refractivity contribution in [3.05, 3.63) is 24.0 Å². The first-order chi connectivity index (χ1) is 15.9. The van der Waals surface area contributed by atoms with Crippen molar-refractivity contribution in [2.75, 3.05) is 25.0 Å². The van der Waals surface area contributed by atoms with Crippen molar-refractivity contribution in [2.24, 2.45) is 5.92 Å². The van der Waals surface area contributed by atoms with Gasteiger partial charge in [-0.3, -0.25) is 14.3 Å². The average molecular weight is 495 g/mol. The highest BCUT2D eigenvalue weighted by atomic mass is 32.2. The van der Waals surface area contributed by atoms with E-state index in [1.54, 1.807) is 16.5 Å². The van der Waals surface area contributed by atoms with Crippen molar-refractivity contribution in [1.82, 2.24) is 24.0 Å². The zero-order chi connectivity index (χ0) is 23.4. The predicted octanol–water partition coefficient (Wildman–Crippen LogP) is 2.17. The molecule has 1 aliphatic carbocycles. The van der Waals surface area contributed by atoms with Crippen molar-refractivity contribution >= 4 is 38.3 Å². The van der Waals surface area contributed by atoms with Crippen molar-refractivity contribution in [1.29, 1.82) is 0 Å². The first-order valence-corrected chi connectivity index (χ1v) is 13.7. The first-order valence-electron chi connectivity index (χ1n) is 11.4. The molecular formula is C21H30N6O4S2. The van der Waals surface area contributed by atoms with Gasteiger partial charge in [-0.2, -0.15) is 9.40 Å². The van der Waals surface area contributed by atoms with E-state index in [-0.39, 0.29) is 36.3 Å². The molecule has 1 N–H and O–H groups in total. The number of carbonyl (C=O) groups excluding carboxylic acids is 2. The van der Waals surface area contributed by atoms with Gasteiger partial charge in [-0.15, -0.1) is 11.3 Å². The third-order valence-corrected chi connectivity index (χ3v) is 8.90. The average Bonchev–Trinajstić information content (AvgIpc) is 3.51. The molecule has 12 heteroatoms. The molecule has 0 spiro atoms. The van der Waals surface area contributed by atoms with E-state index < -0.39 is 16.1 Å². The zero-order valence-electron chi connectivity index (χ0n) is 18.7. The van der Waals surface area contributed by atoms with E-state index in [0.717, 1.165) is 25.7 Å². The van der Waals surface area contributed by atoms with Gasteiger partial charge in [0.05, 0.1) is 12.7 Å². The van der Waals surface area contributed by atoms with E-state index in [4.69, 9.17) is 0 Å². The molecule has 3 heterocycles. The first kappa shape index (κ1) is 23.8. The second-order valence-electron chi connectivity index (χ2n) is 8.54. The summed E-state index contributed by atoms with van der Waals surface area (Å²) in [7, 11) is -3.83. The topological polar surface area (TPSA) is 118 Å². The lowest BCUT2D eigenvalue weighted by atomic mass is 9.84. The molecule has 1 unspecified atom stereocenters. The number of carbonyl (C=O) groups is 2. The number of hydrogen-bond donors (Lipinski definition) is 1. The van der Waals surface area contributed by atoms with Crippen LogP contribution in [-0.4, -0.2) is 69.9 Å². The van der Waals surface area contributed by atoms with Crippen molar-refractivity contribution in [3.63, 3.8) is 0 Å². The molecular weight excluding hydrogens is 464 g/mol. The lowest BCUT2D eigenvalue weighted by Crippen LogP contribution is -2.58. The standard InChI is InChI=1S/C21H30N6O4S2/c1-2-25-14-17(13-23-25)33(30,31)26-9-10-27(19(28)15-26)18(12-16-6-4-3-5-7-16)20(29)24-21-22-8-11-32-21/h8,11,13-14,16,18H,2-7,9-10,12,15H2,1H3,(H,22,24,29). The van der Waals surface area contributed by atoms with E-state index >= 15 is 0 Å². The third kappa shape index (κ3) is 5.44. The lowest BCUT2D eigenvalue weighted by molar-refractivity contribution is -0.142. The maximum absolute atomic E-state index is 13.2. The Balaban J connectivity index is 1.49. The molecule has 0 radical (unpaired) electrons. The SMILES string of the molecule is CCn1cc(S(=O)(=O)N2CCN(C(CC3CCCCC3)C(=O)Nc3nccs3)C(=O)C2)cn1. The highest BCUT2D eigenvalue weighted by Crippen LogP contribution is 2.30. The van der Waals surface area contributed by atoms with Crippen LogP contribution in [-0.2, 0) is 26.2 Å². The van der Waals surface area contributed by atoms with Crippen LogP contribution in [0.25, 0.3) is 0 Å². The van der Waals surface area contributed by atoms with Gasteiger partial charge < -0.3 is 10.2 Å². The number of amides is 2. The van der Waals surface area contributed by atoms with E-state index in [1.807, 2.05) is 6.92 Å². The summed E-state index contributed by atoms with van der Waals surface area (Å²) >= 11 is 1.33. The molecule has 2 aliphatic rings. The van der Waals surface area contributed by atoms with Crippen molar-refractivity contribution in [3.8, 4) is 0 Å². The zero-order valence-corrected chi connectivity index (χ0v) is 20.4. The number of piperazine rings is 1. The van der Waals surface area contributed by atoms with Gasteiger partial charge in [-0.25, -0.2) is 13.4 Å². The maximum Gasteiger partial charge on any atom is 0.248 e. The Morgan fingerprint density at radius 3 is 2.70 bits per heavy atom. The minimum Gasteiger partial charge on any atom is -0.328 e. The Kier molecular flexibility index (Phi) is 7.45. The molecule has 0 bridgehead atoms. The summed E-state index contributed by atoms with van der Waals surface area (Å²) in [6.07, 6.45) is 10.5. The Hall–Kier alpha value is -2.31. The molecule has 2 aromatic rings. The number of aromatic nitrogens is 3. The highest BCUT2D eigenvalue weighted by molar-refractivity contribution is 7.89. The summed E-state index contributed by atoms with van der Waals surface area (Å²) in [6, 6.07) is -0.641. The van der Waals surface area contributed by atoms with Crippen LogP contribution >= 0.6 is 11.3 Å². The van der Waals surface area contributed by atoms with E-state index in [1.165, 1.54) is 39.1 Å². The Labute approximate surface area is 198 Å². The smallest absolute Gasteiger partial charge is 0.248 e. The number of aryl methyl sites for hydroxylation is 1. The predicted molar refractivity (Wildman–Crippen MR) is 124 cm³/mol. The number of thiazole rings is 1. The summed E-state index contributed by atoms with van der Waals surface area (Å²) in [4.78, 5) is 32.1. The maximum atomic E-state index is 13.2. The molecule has 2 aromatic heterocycles. The van der Waals surface area contributed by atoms with Crippen LogP contribution in [0.5, 0.6) is 0 Å². The van der Waals surface area contributed by atoms with Gasteiger partial charge in [0, 0.05) is 37.4 Å². The lowest BCUT2D eigenvalue weighted by Gasteiger charge is -2.39. The third-order valence-electron chi connectivity index (χ3n) is 6.42. The van der Waals surface area contributed by atoms with Crippen LogP contribution in [0.4, 0.5) is 5.13 Å². The quantitative estimate of drug-likeness (QED) is 0.601. The molecule has 180 valence electrons. The van der Waals surface area contributed by atoms with Gasteiger partial charge in [0.15, 0.2) is 5.13 Å². The van der Waals surface area contributed by atoms with E-state index in [9.17, 15) is 18.0 Å². The number of hydrogen-bond acceptors (Lipinski definition) is 7. The second-order valence-corrected chi connectivity index (χ2v) is 11.4. The summed E-state index contributed by atoms with van der Waals surface area (Å²) in [5.74, 6) is -0.243. The van der Waals surface area contributed by atoms with Gasteiger partial charge >= 0.3 is 0 Å². The Morgan fingerprint density at radius 1 is 1.27 bits per heavy atom. The minimum atomic E-state index is -3.83. The Morgan fingerprint density at radius 2 is 2.06 bits per heavy atom. The molecule has 2 amide bonds. The van der Waals surface area contributed by atoms with Crippen LogP contribution in [0, 0.1) is 5.92 Å². The molecule has 1 saturated carbocycles. The monoisotopic (exact) mass is 494 g/mol. The molecule has 4 rings (SSSR count). The second kappa shape index (κ2) is 10.3. The summed E-state index contributed by atoms with van der Waals surface area (Å²) in [5, 5.41) is 9.15. The molecule has 2 fully saturated rings. The van der Waals surface area contributed by atoms with Crippen LogP contribution < -0.4 is 5.32 Å². The summed E-state index contributed by atoms with van der Waals surface area (Å²) in [5.41, 5.74) is 0. The Bertz CT molecular complexity index is 1060. The summed E-state index contributed by atoms with van der Waals surface area (Å²) < 4.78 is 28.7. The van der Waals surface area contributed by atoms with Crippen molar-refractivity contribution in [2.45, 2.75) is 62.9 Å². The van der Waals surface area contributed by atoms with Gasteiger partial charge in [-0.1, -0.05) is 32.1 Å². The minimum absolute atomic E-state index is 0.0749. The highest BCUT2D eigenvalue weighted by Gasteiger charge is 2.39. The fourth-order valence-electron chi connectivity index (χ4n) is 4.59. The molecule has 1 aliphatic heterocycles. The van der Waals surface area contributed by atoms with Gasteiger partial charge in [0.1, 0.15) is 10.9 Å². The normalized spacial score (nSPS) is 19.5. The van der Waals surface area contributed by atoms with E-state index in [2.05, 4.69) is 15.4 Å².